The molecule has 2 N–H and O–H groups in total. The van der Waals surface area contributed by atoms with Gasteiger partial charge in [-0.3, -0.25) is 9.78 Å². The Morgan fingerprint density at radius 3 is 2.81 bits per heavy atom. The lowest BCUT2D eigenvalue weighted by molar-refractivity contribution is 0.0951. The first-order valence-electron chi connectivity index (χ1n) is 8.17. The van der Waals surface area contributed by atoms with Crippen molar-refractivity contribution in [2.75, 3.05) is 18.4 Å². The molecule has 1 aromatic rings. The van der Waals surface area contributed by atoms with Gasteiger partial charge in [0.25, 0.3) is 5.91 Å². The molecule has 0 spiro atoms. The van der Waals surface area contributed by atoms with Crippen LogP contribution in [0.5, 0.6) is 0 Å². The Hall–Kier alpha value is -1.58. The van der Waals surface area contributed by atoms with Crippen LogP contribution in [0.15, 0.2) is 18.3 Å². The molecular weight excluding hydrogens is 262 g/mol. The van der Waals surface area contributed by atoms with Crippen molar-refractivity contribution in [2.45, 2.75) is 46.0 Å². The predicted octanol–water partition coefficient (Wildman–Crippen LogP) is 3.46. The highest BCUT2D eigenvalue weighted by atomic mass is 16.1. The molecule has 0 atom stereocenters. The quantitative estimate of drug-likeness (QED) is 0.843. The third-order valence-electron chi connectivity index (χ3n) is 4.35. The average Bonchev–Trinajstić information content (AvgIpc) is 2.50. The van der Waals surface area contributed by atoms with Gasteiger partial charge in [0.2, 0.25) is 0 Å². The minimum Gasteiger partial charge on any atom is -0.385 e. The standard InChI is InChI=1S/C17H27N3O/c1-3-18-17(21)16-12-15(9-11-20-16)19-10-8-14-6-4-13(2)5-7-14/h9,11-14H,3-8,10H2,1-2H3,(H,18,21)(H,19,20). The van der Waals surface area contributed by atoms with Crippen molar-refractivity contribution in [3.63, 3.8) is 0 Å². The molecule has 1 heterocycles. The predicted molar refractivity (Wildman–Crippen MR) is 86.5 cm³/mol. The molecule has 0 unspecified atom stereocenters. The molecule has 4 heteroatoms. The molecule has 1 saturated carbocycles. The van der Waals surface area contributed by atoms with Crippen LogP contribution >= 0.6 is 0 Å². The molecule has 1 aliphatic rings. The highest BCUT2D eigenvalue weighted by Gasteiger charge is 2.17. The molecule has 0 aliphatic heterocycles. The topological polar surface area (TPSA) is 54.0 Å². The molecule has 1 aliphatic carbocycles. The Balaban J connectivity index is 1.78. The van der Waals surface area contributed by atoms with Crippen LogP contribution in [0.2, 0.25) is 0 Å². The van der Waals surface area contributed by atoms with E-state index in [1.807, 2.05) is 19.1 Å². The number of hydrogen-bond acceptors (Lipinski definition) is 3. The van der Waals surface area contributed by atoms with Crippen molar-refractivity contribution < 1.29 is 4.79 Å². The number of carbonyl (C=O) groups is 1. The molecule has 2 rings (SSSR count). The minimum absolute atomic E-state index is 0.109. The third-order valence-corrected chi connectivity index (χ3v) is 4.35. The van der Waals surface area contributed by atoms with E-state index in [-0.39, 0.29) is 5.91 Å². The van der Waals surface area contributed by atoms with Gasteiger partial charge < -0.3 is 10.6 Å². The lowest BCUT2D eigenvalue weighted by atomic mass is 9.81. The first kappa shape index (κ1) is 15.8. The number of amides is 1. The van der Waals surface area contributed by atoms with Gasteiger partial charge in [0, 0.05) is 25.0 Å². The number of nitrogens with one attached hydrogen (secondary N) is 2. The maximum Gasteiger partial charge on any atom is 0.269 e. The Bertz CT molecular complexity index is 453. The van der Waals surface area contributed by atoms with Crippen molar-refractivity contribution in [3.05, 3.63) is 24.0 Å². The molecule has 1 aromatic heterocycles. The van der Waals surface area contributed by atoms with Crippen LogP contribution in [0.1, 0.15) is 56.4 Å². The van der Waals surface area contributed by atoms with E-state index in [9.17, 15) is 4.79 Å². The maximum atomic E-state index is 11.7. The van der Waals surface area contributed by atoms with Gasteiger partial charge in [0.1, 0.15) is 5.69 Å². The summed E-state index contributed by atoms with van der Waals surface area (Å²) in [7, 11) is 0. The van der Waals surface area contributed by atoms with Gasteiger partial charge in [-0.1, -0.05) is 32.6 Å². The monoisotopic (exact) mass is 289 g/mol. The fraction of sp³-hybridized carbons (Fsp3) is 0.647. The van der Waals surface area contributed by atoms with Gasteiger partial charge in [0.05, 0.1) is 0 Å². The Morgan fingerprint density at radius 2 is 2.10 bits per heavy atom. The van der Waals surface area contributed by atoms with E-state index in [0.717, 1.165) is 24.1 Å². The Kier molecular flexibility index (Phi) is 6.03. The van der Waals surface area contributed by atoms with E-state index < -0.39 is 0 Å². The number of nitrogens with zero attached hydrogens (tertiary/aromatic N) is 1. The highest BCUT2D eigenvalue weighted by Crippen LogP contribution is 2.30. The first-order valence-corrected chi connectivity index (χ1v) is 8.17. The summed E-state index contributed by atoms with van der Waals surface area (Å²) in [6, 6.07) is 3.75. The van der Waals surface area contributed by atoms with Gasteiger partial charge in [0.15, 0.2) is 0 Å². The second-order valence-corrected chi connectivity index (χ2v) is 6.13. The zero-order chi connectivity index (χ0) is 15.1. The van der Waals surface area contributed by atoms with E-state index in [1.165, 1.54) is 32.1 Å². The number of carbonyl (C=O) groups excluding carboxylic acids is 1. The largest absolute Gasteiger partial charge is 0.385 e. The number of pyridine rings is 1. The van der Waals surface area contributed by atoms with Gasteiger partial charge in [-0.05, 0) is 37.3 Å². The normalized spacial score (nSPS) is 21.8. The van der Waals surface area contributed by atoms with Gasteiger partial charge >= 0.3 is 0 Å². The summed E-state index contributed by atoms with van der Waals surface area (Å²) < 4.78 is 0. The van der Waals surface area contributed by atoms with Crippen molar-refractivity contribution in [3.8, 4) is 0 Å². The minimum atomic E-state index is -0.109. The van der Waals surface area contributed by atoms with Crippen LogP contribution in [0.25, 0.3) is 0 Å². The molecule has 21 heavy (non-hydrogen) atoms. The van der Waals surface area contributed by atoms with Crippen molar-refractivity contribution >= 4 is 11.6 Å². The van der Waals surface area contributed by atoms with Crippen LogP contribution in [-0.4, -0.2) is 24.0 Å². The van der Waals surface area contributed by atoms with Crippen LogP contribution < -0.4 is 10.6 Å². The first-order chi connectivity index (χ1) is 10.2. The number of hydrogen-bond donors (Lipinski definition) is 2. The smallest absolute Gasteiger partial charge is 0.269 e. The molecular formula is C17H27N3O. The summed E-state index contributed by atoms with van der Waals surface area (Å²) in [5.41, 5.74) is 1.46. The van der Waals surface area contributed by atoms with Gasteiger partial charge in [-0.15, -0.1) is 0 Å². The fourth-order valence-corrected chi connectivity index (χ4v) is 2.95. The summed E-state index contributed by atoms with van der Waals surface area (Å²) >= 11 is 0. The molecule has 0 saturated heterocycles. The summed E-state index contributed by atoms with van der Waals surface area (Å²) in [5, 5.41) is 6.19. The second kappa shape index (κ2) is 8.01. The molecule has 0 radical (unpaired) electrons. The summed E-state index contributed by atoms with van der Waals surface area (Å²) in [6.45, 7) is 5.86. The average molecular weight is 289 g/mol. The zero-order valence-corrected chi connectivity index (χ0v) is 13.2. The van der Waals surface area contributed by atoms with E-state index >= 15 is 0 Å². The van der Waals surface area contributed by atoms with Crippen molar-refractivity contribution in [1.29, 1.82) is 0 Å². The van der Waals surface area contributed by atoms with Crippen LogP contribution in [0, 0.1) is 11.8 Å². The number of rotatable bonds is 6. The molecule has 0 aromatic carbocycles. The summed E-state index contributed by atoms with van der Waals surface area (Å²) in [5.74, 6) is 1.66. The fourth-order valence-electron chi connectivity index (χ4n) is 2.95. The molecule has 1 amide bonds. The molecule has 1 fully saturated rings. The zero-order valence-electron chi connectivity index (χ0n) is 13.2. The number of anilines is 1. The molecule has 4 nitrogen and oxygen atoms in total. The second-order valence-electron chi connectivity index (χ2n) is 6.13. The van der Waals surface area contributed by atoms with E-state index in [2.05, 4.69) is 22.5 Å². The van der Waals surface area contributed by atoms with Crippen LogP contribution in [0.4, 0.5) is 5.69 Å². The maximum absolute atomic E-state index is 11.7. The van der Waals surface area contributed by atoms with Crippen molar-refractivity contribution in [2.24, 2.45) is 11.8 Å². The van der Waals surface area contributed by atoms with Gasteiger partial charge in [-0.2, -0.15) is 0 Å². The SMILES string of the molecule is CCNC(=O)c1cc(NCCC2CCC(C)CC2)ccn1. The van der Waals surface area contributed by atoms with Crippen LogP contribution in [-0.2, 0) is 0 Å². The number of aromatic nitrogens is 1. The molecule has 0 bridgehead atoms. The third kappa shape index (κ3) is 5.03. The Labute approximate surface area is 127 Å². The lowest BCUT2D eigenvalue weighted by Crippen LogP contribution is -2.23. The van der Waals surface area contributed by atoms with E-state index in [1.54, 1.807) is 6.20 Å². The van der Waals surface area contributed by atoms with Crippen LogP contribution in [0.3, 0.4) is 0 Å². The lowest BCUT2D eigenvalue weighted by Gasteiger charge is -2.26. The summed E-state index contributed by atoms with van der Waals surface area (Å²) in [6.07, 6.45) is 8.38. The van der Waals surface area contributed by atoms with E-state index in [0.29, 0.717) is 12.2 Å². The van der Waals surface area contributed by atoms with Crippen molar-refractivity contribution in [1.82, 2.24) is 10.3 Å². The summed E-state index contributed by atoms with van der Waals surface area (Å²) in [4.78, 5) is 15.9. The van der Waals surface area contributed by atoms with E-state index in [4.69, 9.17) is 0 Å². The highest BCUT2D eigenvalue weighted by molar-refractivity contribution is 5.93. The van der Waals surface area contributed by atoms with Gasteiger partial charge in [-0.25, -0.2) is 0 Å². The molecule has 116 valence electrons. The Morgan fingerprint density at radius 1 is 1.33 bits per heavy atom.